The molecule has 1 atom stereocenters. The van der Waals surface area contributed by atoms with Gasteiger partial charge in [-0.3, -0.25) is 25.7 Å². The summed E-state index contributed by atoms with van der Waals surface area (Å²) in [5.41, 5.74) is 1.96. The first-order valence-electron chi connectivity index (χ1n) is 6.24. The van der Waals surface area contributed by atoms with Gasteiger partial charge >= 0.3 is 5.69 Å². The summed E-state index contributed by atoms with van der Waals surface area (Å²) in [6, 6.07) is 3.17. The van der Waals surface area contributed by atoms with Crippen molar-refractivity contribution in [2.24, 2.45) is 5.10 Å². The highest BCUT2D eigenvalue weighted by Gasteiger charge is 2.22. The van der Waals surface area contributed by atoms with Crippen LogP contribution in [-0.2, 0) is 9.47 Å². The number of hydrogen-bond acceptors (Lipinski definition) is 8. The zero-order chi connectivity index (χ0) is 17.6. The smallest absolute Gasteiger partial charge is 0.301 e. The molecular formula is C12H15ClN4O6. The molecule has 1 N–H and O–H groups in total. The second-order valence-corrected chi connectivity index (χ2v) is 4.79. The SMILES string of the molecule is COC(OC)C(Cl)C(C)=NNc1ccc([N+](=O)[O-])cc1[N+](=O)[O-]. The highest BCUT2D eigenvalue weighted by Crippen LogP contribution is 2.29. The summed E-state index contributed by atoms with van der Waals surface area (Å²) < 4.78 is 9.98. The number of non-ortho nitro benzene ring substituents is 1. The normalized spacial score (nSPS) is 13.0. The molecule has 0 radical (unpaired) electrons. The molecule has 1 rings (SSSR count). The van der Waals surface area contributed by atoms with E-state index in [1.807, 2.05) is 0 Å². The van der Waals surface area contributed by atoms with Crippen LogP contribution in [0.15, 0.2) is 23.3 Å². The standard InChI is InChI=1S/C12H15ClN4O6/c1-7(11(13)12(22-2)23-3)14-15-9-5-4-8(16(18)19)6-10(9)17(20)21/h4-6,11-12,15H,1-3H3. The average molecular weight is 347 g/mol. The quantitative estimate of drug-likeness (QED) is 0.251. The van der Waals surface area contributed by atoms with E-state index in [-0.39, 0.29) is 5.69 Å². The summed E-state index contributed by atoms with van der Waals surface area (Å²) in [7, 11) is 2.82. The second-order valence-electron chi connectivity index (χ2n) is 4.32. The van der Waals surface area contributed by atoms with E-state index in [4.69, 9.17) is 21.1 Å². The molecule has 10 nitrogen and oxygen atoms in total. The van der Waals surface area contributed by atoms with Gasteiger partial charge in [0.05, 0.1) is 21.6 Å². The van der Waals surface area contributed by atoms with Crippen LogP contribution in [-0.4, -0.2) is 41.4 Å². The fourth-order valence-electron chi connectivity index (χ4n) is 1.62. The summed E-state index contributed by atoms with van der Waals surface area (Å²) in [4.78, 5) is 20.2. The van der Waals surface area contributed by atoms with Crippen molar-refractivity contribution in [2.45, 2.75) is 18.6 Å². The molecule has 0 amide bonds. The summed E-state index contributed by atoms with van der Waals surface area (Å²) in [6.45, 7) is 1.58. The molecule has 1 unspecified atom stereocenters. The molecule has 23 heavy (non-hydrogen) atoms. The number of nitro benzene ring substituents is 2. The van der Waals surface area contributed by atoms with E-state index in [0.717, 1.165) is 12.1 Å². The zero-order valence-electron chi connectivity index (χ0n) is 12.6. The zero-order valence-corrected chi connectivity index (χ0v) is 13.3. The number of halogens is 1. The van der Waals surface area contributed by atoms with Crippen LogP contribution in [0.5, 0.6) is 0 Å². The predicted octanol–water partition coefficient (Wildman–Crippen LogP) is 2.52. The maximum absolute atomic E-state index is 11.0. The van der Waals surface area contributed by atoms with Crippen molar-refractivity contribution in [3.63, 3.8) is 0 Å². The van der Waals surface area contributed by atoms with Crippen molar-refractivity contribution in [3.05, 3.63) is 38.4 Å². The van der Waals surface area contributed by atoms with Crippen LogP contribution in [0, 0.1) is 20.2 Å². The number of rotatable bonds is 8. The summed E-state index contributed by atoms with van der Waals surface area (Å²) in [6.07, 6.45) is -0.742. The number of nitro groups is 2. The van der Waals surface area contributed by atoms with Crippen LogP contribution in [0.2, 0.25) is 0 Å². The van der Waals surface area contributed by atoms with Crippen LogP contribution in [0.25, 0.3) is 0 Å². The lowest BCUT2D eigenvalue weighted by molar-refractivity contribution is -0.393. The van der Waals surface area contributed by atoms with Crippen molar-refractivity contribution >= 4 is 34.4 Å². The first-order chi connectivity index (χ1) is 10.8. The molecule has 0 aliphatic rings. The van der Waals surface area contributed by atoms with Crippen LogP contribution in [0.4, 0.5) is 17.1 Å². The minimum atomic E-state index is -0.745. The second kappa shape index (κ2) is 8.36. The minimum Gasteiger partial charge on any atom is -0.354 e. The predicted molar refractivity (Wildman–Crippen MR) is 83.9 cm³/mol. The Labute approximate surface area is 136 Å². The summed E-state index contributed by atoms with van der Waals surface area (Å²) >= 11 is 6.09. The summed E-state index contributed by atoms with van der Waals surface area (Å²) in [5, 5.41) is 24.9. The molecule has 0 aromatic heterocycles. The molecule has 0 aliphatic carbocycles. The lowest BCUT2D eigenvalue weighted by Gasteiger charge is -2.18. The molecule has 0 aliphatic heterocycles. The van der Waals surface area contributed by atoms with Crippen molar-refractivity contribution < 1.29 is 19.3 Å². The van der Waals surface area contributed by atoms with Crippen molar-refractivity contribution in [2.75, 3.05) is 19.6 Å². The van der Waals surface area contributed by atoms with Gasteiger partial charge in [0, 0.05) is 20.3 Å². The van der Waals surface area contributed by atoms with Crippen LogP contribution in [0.3, 0.4) is 0 Å². The highest BCUT2D eigenvalue weighted by atomic mass is 35.5. The van der Waals surface area contributed by atoms with E-state index in [9.17, 15) is 20.2 Å². The molecule has 11 heteroatoms. The summed E-state index contributed by atoms with van der Waals surface area (Å²) in [5.74, 6) is 0. The monoisotopic (exact) mass is 346 g/mol. The molecule has 1 aromatic carbocycles. The fraction of sp³-hybridized carbons (Fsp3) is 0.417. The van der Waals surface area contributed by atoms with Gasteiger partial charge in [-0.25, -0.2) is 0 Å². The van der Waals surface area contributed by atoms with Crippen LogP contribution >= 0.6 is 11.6 Å². The first kappa shape index (κ1) is 18.7. The van der Waals surface area contributed by atoms with Gasteiger partial charge in [-0.05, 0) is 13.0 Å². The highest BCUT2D eigenvalue weighted by molar-refractivity contribution is 6.32. The number of methoxy groups -OCH3 is 2. The number of hydrogen-bond donors (Lipinski definition) is 1. The number of nitrogens with one attached hydrogen (secondary N) is 1. The van der Waals surface area contributed by atoms with Gasteiger partial charge in [0.2, 0.25) is 0 Å². The number of benzene rings is 1. The molecule has 0 heterocycles. The fourth-order valence-corrected chi connectivity index (χ4v) is 1.88. The number of alkyl halides is 1. The van der Waals surface area contributed by atoms with Gasteiger partial charge in [0.1, 0.15) is 11.1 Å². The molecular weight excluding hydrogens is 332 g/mol. The Balaban J connectivity index is 3.02. The Bertz CT molecular complexity index is 620. The molecule has 0 saturated heterocycles. The van der Waals surface area contributed by atoms with Gasteiger partial charge in [-0.1, -0.05) is 0 Å². The van der Waals surface area contributed by atoms with E-state index < -0.39 is 32.9 Å². The van der Waals surface area contributed by atoms with Crippen molar-refractivity contribution in [3.8, 4) is 0 Å². The molecule has 0 fully saturated rings. The van der Waals surface area contributed by atoms with E-state index in [0.29, 0.717) is 5.71 Å². The largest absolute Gasteiger partial charge is 0.354 e. The number of anilines is 1. The maximum Gasteiger partial charge on any atom is 0.301 e. The Morgan fingerprint density at radius 1 is 1.26 bits per heavy atom. The van der Waals surface area contributed by atoms with Crippen molar-refractivity contribution in [1.82, 2.24) is 0 Å². The lowest BCUT2D eigenvalue weighted by atomic mass is 10.2. The van der Waals surface area contributed by atoms with E-state index in [1.165, 1.54) is 20.3 Å². The Morgan fingerprint density at radius 2 is 1.87 bits per heavy atom. The number of nitrogens with zero attached hydrogens (tertiary/aromatic N) is 3. The third-order valence-electron chi connectivity index (χ3n) is 2.84. The molecule has 126 valence electrons. The van der Waals surface area contributed by atoms with Crippen LogP contribution in [0.1, 0.15) is 6.92 Å². The molecule has 1 aromatic rings. The minimum absolute atomic E-state index is 0.00444. The third-order valence-corrected chi connectivity index (χ3v) is 3.37. The number of hydrazone groups is 1. The maximum atomic E-state index is 11.0. The van der Waals surface area contributed by atoms with Gasteiger partial charge in [0.15, 0.2) is 6.29 Å². The Hall–Kier alpha value is -2.30. The molecule has 0 saturated carbocycles. The molecule has 0 spiro atoms. The lowest BCUT2D eigenvalue weighted by Crippen LogP contribution is -2.31. The van der Waals surface area contributed by atoms with Gasteiger partial charge in [-0.2, -0.15) is 5.10 Å². The van der Waals surface area contributed by atoms with Gasteiger partial charge in [0.25, 0.3) is 5.69 Å². The average Bonchev–Trinajstić information content (AvgIpc) is 2.53. The first-order valence-corrected chi connectivity index (χ1v) is 6.68. The van der Waals surface area contributed by atoms with Gasteiger partial charge < -0.3 is 9.47 Å². The molecule has 0 bridgehead atoms. The topological polar surface area (TPSA) is 129 Å². The Kier molecular flexibility index (Phi) is 6.82. The third kappa shape index (κ3) is 4.84. The number of ether oxygens (including phenoxy) is 2. The van der Waals surface area contributed by atoms with Gasteiger partial charge in [-0.15, -0.1) is 11.6 Å². The van der Waals surface area contributed by atoms with Crippen LogP contribution < -0.4 is 5.43 Å². The van der Waals surface area contributed by atoms with Crippen molar-refractivity contribution in [1.29, 1.82) is 0 Å². The van der Waals surface area contributed by atoms with E-state index in [1.54, 1.807) is 6.92 Å². The van der Waals surface area contributed by atoms with E-state index in [2.05, 4.69) is 10.5 Å². The Morgan fingerprint density at radius 3 is 2.35 bits per heavy atom. The van der Waals surface area contributed by atoms with E-state index >= 15 is 0 Å².